The highest BCUT2D eigenvalue weighted by Crippen LogP contribution is 2.65. The second-order valence-electron chi connectivity index (χ2n) is 11.4. The van der Waals surface area contributed by atoms with Gasteiger partial charge in [0.05, 0.1) is 0 Å². The fourth-order valence-corrected chi connectivity index (χ4v) is 7.75. The molecule has 4 fully saturated rings. The number of carbonyl (C=O) groups excluding carboxylic acids is 2. The number of ether oxygens (including phenoxy) is 1. The summed E-state index contributed by atoms with van der Waals surface area (Å²) in [7, 11) is 0. The molecule has 0 bridgehead atoms. The zero-order valence-electron chi connectivity index (χ0n) is 18.5. The van der Waals surface area contributed by atoms with Crippen LogP contribution in [0.1, 0.15) is 98.3 Å². The third-order valence-corrected chi connectivity index (χ3v) is 9.55. The zero-order chi connectivity index (χ0) is 20.1. The lowest BCUT2D eigenvalue weighted by Gasteiger charge is -2.60. The predicted molar refractivity (Wildman–Crippen MR) is 111 cm³/mol. The highest BCUT2D eigenvalue weighted by molar-refractivity contribution is 5.87. The maximum Gasteiger partial charge on any atom is 0.306 e. The number of hydrogen-bond donors (Lipinski definition) is 0. The van der Waals surface area contributed by atoms with E-state index >= 15 is 0 Å². The first-order chi connectivity index (χ1) is 13.2. The Morgan fingerprint density at radius 2 is 1.86 bits per heavy atom. The lowest BCUT2D eigenvalue weighted by molar-refractivity contribution is -0.162. The van der Waals surface area contributed by atoms with Crippen LogP contribution in [0.4, 0.5) is 0 Å². The molecule has 4 saturated carbocycles. The minimum atomic E-state index is -0.0203. The SMILES string of the molecule is CC(C)CCC(=O)O[C@@H]1CC[C@@]2(C)[C@@H](CC[C@@H]3[C@H]2CC[C@]2(C)C(=O)CC[C@@H]32)C1. The summed E-state index contributed by atoms with van der Waals surface area (Å²) in [5.74, 6) is 3.94. The van der Waals surface area contributed by atoms with E-state index in [2.05, 4.69) is 27.7 Å². The van der Waals surface area contributed by atoms with Crippen molar-refractivity contribution in [3.05, 3.63) is 0 Å². The lowest BCUT2D eigenvalue weighted by Crippen LogP contribution is -2.54. The molecule has 0 aromatic heterocycles. The molecule has 4 aliphatic carbocycles. The number of fused-ring (bicyclic) bond motifs is 5. The topological polar surface area (TPSA) is 43.4 Å². The Kier molecular flexibility index (Phi) is 5.42. The summed E-state index contributed by atoms with van der Waals surface area (Å²) in [5, 5.41) is 0. The summed E-state index contributed by atoms with van der Waals surface area (Å²) in [6, 6.07) is 0. The zero-order valence-corrected chi connectivity index (χ0v) is 18.5. The second-order valence-corrected chi connectivity index (χ2v) is 11.4. The van der Waals surface area contributed by atoms with E-state index < -0.39 is 0 Å². The van der Waals surface area contributed by atoms with Crippen LogP contribution < -0.4 is 0 Å². The molecule has 0 amide bonds. The van der Waals surface area contributed by atoms with Crippen LogP contribution >= 0.6 is 0 Å². The van der Waals surface area contributed by atoms with Gasteiger partial charge in [-0.1, -0.05) is 27.7 Å². The third-order valence-electron chi connectivity index (χ3n) is 9.55. The van der Waals surface area contributed by atoms with Crippen LogP contribution in [0.2, 0.25) is 0 Å². The first-order valence-electron chi connectivity index (χ1n) is 12.0. The number of ketones is 1. The summed E-state index contributed by atoms with van der Waals surface area (Å²) in [4.78, 5) is 24.8. The average Bonchev–Trinajstić information content (AvgIpc) is 2.95. The summed E-state index contributed by atoms with van der Waals surface area (Å²) in [5.41, 5.74) is 0.365. The molecule has 28 heavy (non-hydrogen) atoms. The van der Waals surface area contributed by atoms with Gasteiger partial charge in [-0.2, -0.15) is 0 Å². The highest BCUT2D eigenvalue weighted by Gasteiger charge is 2.60. The fraction of sp³-hybridized carbons (Fsp3) is 0.920. The Morgan fingerprint density at radius 1 is 1.07 bits per heavy atom. The normalized spacial score (nSPS) is 45.3. The molecule has 7 atom stereocenters. The Hall–Kier alpha value is -0.860. The van der Waals surface area contributed by atoms with Gasteiger partial charge in [0.1, 0.15) is 11.9 Å². The molecular weight excluding hydrogens is 348 g/mol. The summed E-state index contributed by atoms with van der Waals surface area (Å²) in [6.45, 7) is 9.12. The third kappa shape index (κ3) is 3.35. The van der Waals surface area contributed by atoms with Gasteiger partial charge >= 0.3 is 5.97 Å². The van der Waals surface area contributed by atoms with Gasteiger partial charge in [0, 0.05) is 18.3 Å². The van der Waals surface area contributed by atoms with Crippen LogP contribution in [0.25, 0.3) is 0 Å². The standard InChI is InChI=1S/C25H40O3/c1-16(2)5-10-23(27)28-18-11-13-24(3)17(15-18)6-7-19-20-8-9-22(26)25(20,4)14-12-21(19)24/h16-21H,5-15H2,1-4H3/t17-,18+,19-,20-,21+,24-,25-/m0/s1. The van der Waals surface area contributed by atoms with Gasteiger partial charge in [-0.3, -0.25) is 9.59 Å². The van der Waals surface area contributed by atoms with Gasteiger partial charge < -0.3 is 4.74 Å². The quantitative estimate of drug-likeness (QED) is 0.559. The molecule has 0 heterocycles. The molecule has 158 valence electrons. The van der Waals surface area contributed by atoms with Crippen LogP contribution in [-0.2, 0) is 14.3 Å². The molecule has 0 N–H and O–H groups in total. The molecule has 3 heteroatoms. The van der Waals surface area contributed by atoms with Gasteiger partial charge in [0.2, 0.25) is 0 Å². The molecule has 0 spiro atoms. The minimum Gasteiger partial charge on any atom is -0.462 e. The molecule has 3 nitrogen and oxygen atoms in total. The van der Waals surface area contributed by atoms with Crippen LogP contribution in [-0.4, -0.2) is 17.9 Å². The smallest absolute Gasteiger partial charge is 0.306 e. The molecule has 0 aliphatic heterocycles. The number of rotatable bonds is 4. The van der Waals surface area contributed by atoms with Crippen LogP contribution in [0.3, 0.4) is 0 Å². The van der Waals surface area contributed by atoms with Crippen molar-refractivity contribution in [2.24, 2.45) is 40.4 Å². The summed E-state index contributed by atoms with van der Waals surface area (Å²) >= 11 is 0. The molecule has 0 aromatic rings. The maximum absolute atomic E-state index is 12.6. The van der Waals surface area contributed by atoms with Crippen molar-refractivity contribution >= 4 is 11.8 Å². The van der Waals surface area contributed by atoms with Crippen molar-refractivity contribution in [1.29, 1.82) is 0 Å². The van der Waals surface area contributed by atoms with E-state index in [1.165, 1.54) is 25.7 Å². The van der Waals surface area contributed by atoms with Gasteiger partial charge in [0.25, 0.3) is 0 Å². The minimum absolute atomic E-state index is 0.00823. The highest BCUT2D eigenvalue weighted by atomic mass is 16.5. The first-order valence-corrected chi connectivity index (χ1v) is 12.0. The van der Waals surface area contributed by atoms with Crippen molar-refractivity contribution in [3.8, 4) is 0 Å². The van der Waals surface area contributed by atoms with E-state index in [9.17, 15) is 9.59 Å². The van der Waals surface area contributed by atoms with Crippen molar-refractivity contribution < 1.29 is 14.3 Å². The van der Waals surface area contributed by atoms with Crippen molar-refractivity contribution in [2.45, 2.75) is 104 Å². The van der Waals surface area contributed by atoms with Crippen molar-refractivity contribution in [2.75, 3.05) is 0 Å². The van der Waals surface area contributed by atoms with Crippen molar-refractivity contribution in [3.63, 3.8) is 0 Å². The average molecular weight is 389 g/mol. The van der Waals surface area contributed by atoms with E-state index in [4.69, 9.17) is 4.74 Å². The Labute approximate surface area is 171 Å². The first kappa shape index (κ1) is 20.4. The van der Waals surface area contributed by atoms with Crippen molar-refractivity contribution in [1.82, 2.24) is 0 Å². The van der Waals surface area contributed by atoms with Gasteiger partial charge in [-0.15, -0.1) is 0 Å². The van der Waals surface area contributed by atoms with Crippen LogP contribution in [0, 0.1) is 40.4 Å². The second kappa shape index (κ2) is 7.43. The molecule has 0 unspecified atom stereocenters. The Morgan fingerprint density at radius 3 is 2.61 bits per heavy atom. The van der Waals surface area contributed by atoms with E-state index in [1.54, 1.807) is 0 Å². The maximum atomic E-state index is 12.6. The van der Waals surface area contributed by atoms with E-state index in [-0.39, 0.29) is 17.5 Å². The fourth-order valence-electron chi connectivity index (χ4n) is 7.75. The van der Waals surface area contributed by atoms with Gasteiger partial charge in [-0.05, 0) is 92.8 Å². The molecule has 4 aliphatic rings. The number of carbonyl (C=O) groups is 2. The molecule has 4 rings (SSSR count). The van der Waals surface area contributed by atoms with Gasteiger partial charge in [0.15, 0.2) is 0 Å². The van der Waals surface area contributed by atoms with E-state index in [0.717, 1.165) is 50.4 Å². The van der Waals surface area contributed by atoms with Crippen LogP contribution in [0.5, 0.6) is 0 Å². The van der Waals surface area contributed by atoms with Crippen LogP contribution in [0.15, 0.2) is 0 Å². The monoisotopic (exact) mass is 388 g/mol. The molecule has 0 radical (unpaired) electrons. The lowest BCUT2D eigenvalue weighted by atomic mass is 9.45. The van der Waals surface area contributed by atoms with E-state index in [1.807, 2.05) is 0 Å². The van der Waals surface area contributed by atoms with E-state index in [0.29, 0.717) is 35.4 Å². The summed E-state index contributed by atoms with van der Waals surface area (Å²) < 4.78 is 5.89. The summed E-state index contributed by atoms with van der Waals surface area (Å²) in [6.07, 6.45) is 11.7. The molecule has 0 aromatic carbocycles. The Balaban J connectivity index is 1.41. The largest absolute Gasteiger partial charge is 0.462 e. The molecular formula is C25H40O3. The molecule has 0 saturated heterocycles. The predicted octanol–water partition coefficient (Wildman–Crippen LogP) is 5.95. The number of hydrogen-bond acceptors (Lipinski definition) is 3. The Bertz CT molecular complexity index is 625. The number of esters is 1. The van der Waals surface area contributed by atoms with Gasteiger partial charge in [-0.25, -0.2) is 0 Å². The number of Topliss-reactive ketones (excluding diaryl/α,β-unsaturated/α-hetero) is 1.